The Kier molecular flexibility index (Phi) is 7.51. The van der Waals surface area contributed by atoms with Gasteiger partial charge in [-0.2, -0.15) is 11.8 Å². The van der Waals surface area contributed by atoms with Crippen LogP contribution in [0, 0.1) is 0 Å². The zero-order valence-corrected chi connectivity index (χ0v) is 21.9. The SMILES string of the molecule is COc1ccc(N(C)C(=O)C2Cc3cccc(c3)CCSCc3[nH]c4ccccc4c3CC(=O)N2)cc1. The van der Waals surface area contributed by atoms with E-state index in [1.165, 1.54) is 5.56 Å². The molecule has 2 amide bonds. The molecule has 4 aromatic rings. The van der Waals surface area contributed by atoms with Crippen LogP contribution in [0.4, 0.5) is 5.69 Å². The fourth-order valence-electron chi connectivity index (χ4n) is 4.87. The molecule has 3 aromatic carbocycles. The number of carbonyl (C=O) groups is 2. The van der Waals surface area contributed by atoms with E-state index >= 15 is 0 Å². The number of para-hydroxylation sites is 1. The summed E-state index contributed by atoms with van der Waals surface area (Å²) in [5.74, 6) is 2.18. The van der Waals surface area contributed by atoms with Crippen LogP contribution >= 0.6 is 11.8 Å². The Morgan fingerprint density at radius 2 is 1.81 bits per heavy atom. The van der Waals surface area contributed by atoms with Gasteiger partial charge < -0.3 is 19.9 Å². The first kappa shape index (κ1) is 25.0. The number of benzene rings is 3. The minimum absolute atomic E-state index is 0.161. The predicted octanol–water partition coefficient (Wildman–Crippen LogP) is 4.90. The monoisotopic (exact) mass is 513 g/mol. The van der Waals surface area contributed by atoms with Crippen LogP contribution in [0.2, 0.25) is 0 Å². The molecule has 37 heavy (non-hydrogen) atoms. The molecule has 1 aromatic heterocycles. The highest BCUT2D eigenvalue weighted by Crippen LogP contribution is 2.27. The van der Waals surface area contributed by atoms with Crippen LogP contribution in [-0.4, -0.2) is 42.8 Å². The second-order valence-electron chi connectivity index (χ2n) is 9.35. The van der Waals surface area contributed by atoms with Crippen molar-refractivity contribution in [1.82, 2.24) is 10.3 Å². The van der Waals surface area contributed by atoms with Gasteiger partial charge in [0.05, 0.1) is 13.5 Å². The molecule has 2 heterocycles. The summed E-state index contributed by atoms with van der Waals surface area (Å²) in [6.45, 7) is 0. The van der Waals surface area contributed by atoms with Crippen LogP contribution in [0.15, 0.2) is 72.8 Å². The molecule has 6 nitrogen and oxygen atoms in total. The van der Waals surface area contributed by atoms with E-state index in [-0.39, 0.29) is 18.2 Å². The number of aryl methyl sites for hydroxylation is 1. The Morgan fingerprint density at radius 1 is 1.03 bits per heavy atom. The number of thioether (sulfide) groups is 1. The van der Waals surface area contributed by atoms with Crippen molar-refractivity contribution in [2.75, 3.05) is 24.8 Å². The van der Waals surface area contributed by atoms with Crippen molar-refractivity contribution in [3.05, 3.63) is 95.2 Å². The number of carbonyl (C=O) groups excluding carboxylic acids is 2. The molecule has 5 rings (SSSR count). The fraction of sp³-hybridized carbons (Fsp3) is 0.267. The van der Waals surface area contributed by atoms with E-state index in [1.807, 2.05) is 66.4 Å². The molecule has 1 atom stereocenters. The standard InChI is InChI=1S/C30H31N3O3S/c1-33(22-10-12-23(36-2)13-11-22)30(35)27-17-21-7-5-6-20(16-21)14-15-37-19-28-25(18-29(34)32-27)24-8-3-4-9-26(24)31-28/h3-13,16,27,31H,14-15,17-19H2,1-2H3,(H,32,34). The Labute approximate surface area is 221 Å². The number of methoxy groups -OCH3 is 1. The van der Waals surface area contributed by atoms with E-state index in [9.17, 15) is 9.59 Å². The van der Waals surface area contributed by atoms with Gasteiger partial charge in [0.15, 0.2) is 0 Å². The molecule has 1 unspecified atom stereocenters. The first-order chi connectivity index (χ1) is 18.0. The Hall–Kier alpha value is -3.71. The maximum absolute atomic E-state index is 13.7. The molecule has 1 aliphatic heterocycles. The molecule has 190 valence electrons. The van der Waals surface area contributed by atoms with Crippen molar-refractivity contribution in [3.63, 3.8) is 0 Å². The molecule has 0 aliphatic carbocycles. The minimum Gasteiger partial charge on any atom is -0.497 e. The highest BCUT2D eigenvalue weighted by molar-refractivity contribution is 7.98. The molecule has 2 bridgehead atoms. The summed E-state index contributed by atoms with van der Waals surface area (Å²) in [6, 6.07) is 23.1. The van der Waals surface area contributed by atoms with Crippen molar-refractivity contribution in [1.29, 1.82) is 0 Å². The quantitative estimate of drug-likeness (QED) is 0.409. The number of hydrogen-bond donors (Lipinski definition) is 2. The zero-order valence-electron chi connectivity index (χ0n) is 21.1. The molecule has 1 aliphatic rings. The van der Waals surface area contributed by atoms with Crippen LogP contribution in [0.5, 0.6) is 5.75 Å². The lowest BCUT2D eigenvalue weighted by Crippen LogP contribution is -2.49. The molecule has 0 saturated heterocycles. The maximum Gasteiger partial charge on any atom is 0.249 e. The third-order valence-electron chi connectivity index (χ3n) is 6.88. The molecule has 2 N–H and O–H groups in total. The van der Waals surface area contributed by atoms with Gasteiger partial charge in [-0.15, -0.1) is 0 Å². The number of amides is 2. The average molecular weight is 514 g/mol. The highest BCUT2D eigenvalue weighted by atomic mass is 32.2. The van der Waals surface area contributed by atoms with Gasteiger partial charge in [0.25, 0.3) is 0 Å². The fourth-order valence-corrected chi connectivity index (χ4v) is 5.84. The topological polar surface area (TPSA) is 74.4 Å². The lowest BCUT2D eigenvalue weighted by Gasteiger charge is -2.25. The lowest BCUT2D eigenvalue weighted by molar-refractivity contribution is -0.127. The van der Waals surface area contributed by atoms with Crippen molar-refractivity contribution in [3.8, 4) is 5.75 Å². The van der Waals surface area contributed by atoms with Crippen molar-refractivity contribution in [2.45, 2.75) is 31.1 Å². The number of fused-ring (bicyclic) bond motifs is 5. The summed E-state index contributed by atoms with van der Waals surface area (Å²) in [4.78, 5) is 32.3. The van der Waals surface area contributed by atoms with Crippen LogP contribution in [0.1, 0.15) is 22.4 Å². The largest absolute Gasteiger partial charge is 0.497 e. The van der Waals surface area contributed by atoms with Crippen molar-refractivity contribution < 1.29 is 14.3 Å². The molecular weight excluding hydrogens is 482 g/mol. The number of nitrogens with zero attached hydrogens (tertiary/aromatic N) is 1. The number of nitrogens with one attached hydrogen (secondary N) is 2. The van der Waals surface area contributed by atoms with Gasteiger partial charge in [0.1, 0.15) is 11.8 Å². The van der Waals surface area contributed by atoms with Gasteiger partial charge in [-0.05, 0) is 59.2 Å². The lowest BCUT2D eigenvalue weighted by atomic mass is 10.0. The van der Waals surface area contributed by atoms with Crippen LogP contribution < -0.4 is 15.0 Å². The number of likely N-dealkylation sites (N-methyl/N-ethyl adjacent to an activating group) is 1. The Balaban J connectivity index is 1.47. The van der Waals surface area contributed by atoms with Gasteiger partial charge in [0, 0.05) is 41.5 Å². The van der Waals surface area contributed by atoms with E-state index in [1.54, 1.807) is 19.1 Å². The molecule has 0 saturated carbocycles. The second kappa shape index (κ2) is 11.1. The number of aromatic nitrogens is 1. The van der Waals surface area contributed by atoms with Gasteiger partial charge in [-0.1, -0.05) is 42.5 Å². The number of ether oxygens (including phenoxy) is 1. The highest BCUT2D eigenvalue weighted by Gasteiger charge is 2.26. The normalized spacial score (nSPS) is 16.4. The number of anilines is 1. The van der Waals surface area contributed by atoms with E-state index in [2.05, 4.69) is 28.5 Å². The first-order valence-corrected chi connectivity index (χ1v) is 13.6. The summed E-state index contributed by atoms with van der Waals surface area (Å²) in [6.07, 6.45) is 1.59. The predicted molar refractivity (Wildman–Crippen MR) is 150 cm³/mol. The van der Waals surface area contributed by atoms with Gasteiger partial charge >= 0.3 is 0 Å². The van der Waals surface area contributed by atoms with Gasteiger partial charge in [-0.25, -0.2) is 0 Å². The van der Waals surface area contributed by atoms with Crippen LogP contribution in [0.25, 0.3) is 10.9 Å². The van der Waals surface area contributed by atoms with E-state index in [0.29, 0.717) is 6.42 Å². The molecule has 0 spiro atoms. The third kappa shape index (κ3) is 5.67. The smallest absolute Gasteiger partial charge is 0.249 e. The average Bonchev–Trinajstić information content (AvgIpc) is 3.26. The number of aromatic amines is 1. The maximum atomic E-state index is 13.7. The Morgan fingerprint density at radius 3 is 2.62 bits per heavy atom. The number of rotatable bonds is 3. The van der Waals surface area contributed by atoms with E-state index < -0.39 is 6.04 Å². The summed E-state index contributed by atoms with van der Waals surface area (Å²) >= 11 is 1.87. The second-order valence-corrected chi connectivity index (χ2v) is 10.5. The van der Waals surface area contributed by atoms with Gasteiger partial charge in [0.2, 0.25) is 11.8 Å². The first-order valence-electron chi connectivity index (χ1n) is 12.5. The summed E-state index contributed by atoms with van der Waals surface area (Å²) in [7, 11) is 3.35. The Bertz CT molecular complexity index is 1410. The summed E-state index contributed by atoms with van der Waals surface area (Å²) < 4.78 is 5.25. The zero-order chi connectivity index (χ0) is 25.8. The third-order valence-corrected chi connectivity index (χ3v) is 7.86. The number of hydrogen-bond acceptors (Lipinski definition) is 4. The van der Waals surface area contributed by atoms with Crippen molar-refractivity contribution in [2.24, 2.45) is 0 Å². The van der Waals surface area contributed by atoms with E-state index in [0.717, 1.165) is 57.1 Å². The van der Waals surface area contributed by atoms with E-state index in [4.69, 9.17) is 4.74 Å². The molecule has 0 radical (unpaired) electrons. The summed E-state index contributed by atoms with van der Waals surface area (Å²) in [5.41, 5.74) is 6.12. The van der Waals surface area contributed by atoms with Crippen LogP contribution in [-0.2, 0) is 34.6 Å². The summed E-state index contributed by atoms with van der Waals surface area (Å²) in [5, 5.41) is 4.13. The molecule has 7 heteroatoms. The minimum atomic E-state index is -0.694. The molecular formula is C30H31N3O3S. The van der Waals surface area contributed by atoms with Gasteiger partial charge in [-0.3, -0.25) is 9.59 Å². The van der Waals surface area contributed by atoms with Crippen LogP contribution in [0.3, 0.4) is 0 Å². The van der Waals surface area contributed by atoms with Crippen molar-refractivity contribution >= 4 is 40.2 Å². The number of H-pyrrole nitrogens is 1. The molecule has 0 fully saturated rings.